The molecule has 120 valence electrons. The zero-order valence-electron chi connectivity index (χ0n) is 14.0. The molecule has 0 bridgehead atoms. The van der Waals surface area contributed by atoms with Gasteiger partial charge in [-0.25, -0.2) is 4.98 Å². The maximum Gasteiger partial charge on any atom is 0.225 e. The van der Waals surface area contributed by atoms with E-state index < -0.39 is 5.41 Å². The van der Waals surface area contributed by atoms with Gasteiger partial charge in [0.25, 0.3) is 0 Å². The number of imidazole rings is 1. The number of carbonyl (C=O) groups is 1. The van der Waals surface area contributed by atoms with Gasteiger partial charge in [0.1, 0.15) is 5.82 Å². The summed E-state index contributed by atoms with van der Waals surface area (Å²) in [5.41, 5.74) is 1.58. The van der Waals surface area contributed by atoms with E-state index in [2.05, 4.69) is 9.88 Å². The Kier molecular flexibility index (Phi) is 4.86. The molecule has 22 heavy (non-hydrogen) atoms. The van der Waals surface area contributed by atoms with Crippen molar-refractivity contribution in [2.45, 2.75) is 40.3 Å². The fourth-order valence-electron chi connectivity index (χ4n) is 2.32. The van der Waals surface area contributed by atoms with E-state index in [-0.39, 0.29) is 11.9 Å². The highest BCUT2D eigenvalue weighted by Crippen LogP contribution is 2.22. The minimum absolute atomic E-state index is 0.0188. The molecule has 0 saturated heterocycles. The normalized spacial score (nSPS) is 13.3. The predicted octanol–water partition coefficient (Wildman–Crippen LogP) is 2.91. The summed E-state index contributed by atoms with van der Waals surface area (Å²) in [6.07, 6.45) is 0. The maximum atomic E-state index is 12.2. The number of ether oxygens (including phenoxy) is 1. The van der Waals surface area contributed by atoms with Crippen LogP contribution in [0.25, 0.3) is 11.0 Å². The first-order valence-electron chi connectivity index (χ1n) is 7.59. The molecule has 1 atom stereocenters. The largest absolute Gasteiger partial charge is 0.383 e. The molecule has 1 unspecified atom stereocenters. The highest BCUT2D eigenvalue weighted by Gasteiger charge is 2.25. The highest BCUT2D eigenvalue weighted by molar-refractivity contribution is 5.82. The molecule has 1 N–H and O–H groups in total. The molecule has 2 rings (SSSR count). The average Bonchev–Trinajstić information content (AvgIpc) is 2.82. The van der Waals surface area contributed by atoms with Gasteiger partial charge in [0.05, 0.1) is 23.7 Å². The zero-order chi connectivity index (χ0) is 16.3. The van der Waals surface area contributed by atoms with E-state index in [4.69, 9.17) is 9.72 Å². The summed E-state index contributed by atoms with van der Waals surface area (Å²) in [6, 6.07) is 7.84. The molecule has 5 heteroatoms. The van der Waals surface area contributed by atoms with E-state index in [0.29, 0.717) is 13.2 Å². The number of rotatable bonds is 5. The van der Waals surface area contributed by atoms with Crippen LogP contribution in [-0.2, 0) is 16.1 Å². The third-order valence-corrected chi connectivity index (χ3v) is 3.62. The van der Waals surface area contributed by atoms with Gasteiger partial charge < -0.3 is 14.6 Å². The minimum atomic E-state index is -0.419. The summed E-state index contributed by atoms with van der Waals surface area (Å²) in [6.45, 7) is 9.00. The van der Waals surface area contributed by atoms with E-state index in [9.17, 15) is 4.79 Å². The van der Waals surface area contributed by atoms with Crippen molar-refractivity contribution in [3.63, 3.8) is 0 Å². The SMILES string of the molecule is COCCn1c(C(C)NC(=O)C(C)(C)C)nc2ccccc21. The van der Waals surface area contributed by atoms with Gasteiger partial charge in [-0.1, -0.05) is 32.9 Å². The van der Waals surface area contributed by atoms with Crippen molar-refractivity contribution in [2.24, 2.45) is 5.41 Å². The Labute approximate surface area is 131 Å². The molecule has 0 radical (unpaired) electrons. The minimum Gasteiger partial charge on any atom is -0.383 e. The molecular weight excluding hydrogens is 278 g/mol. The van der Waals surface area contributed by atoms with Crippen molar-refractivity contribution in [2.75, 3.05) is 13.7 Å². The van der Waals surface area contributed by atoms with Gasteiger partial charge in [-0.2, -0.15) is 0 Å². The van der Waals surface area contributed by atoms with Crippen molar-refractivity contribution in [1.29, 1.82) is 0 Å². The summed E-state index contributed by atoms with van der Waals surface area (Å²) in [5, 5.41) is 3.05. The van der Waals surface area contributed by atoms with E-state index >= 15 is 0 Å². The fourth-order valence-corrected chi connectivity index (χ4v) is 2.32. The van der Waals surface area contributed by atoms with Gasteiger partial charge in [-0.3, -0.25) is 4.79 Å². The highest BCUT2D eigenvalue weighted by atomic mass is 16.5. The van der Waals surface area contributed by atoms with Crippen LogP contribution >= 0.6 is 0 Å². The lowest BCUT2D eigenvalue weighted by atomic mass is 9.95. The lowest BCUT2D eigenvalue weighted by Crippen LogP contribution is -2.37. The second-order valence-electron chi connectivity index (χ2n) is 6.55. The lowest BCUT2D eigenvalue weighted by Gasteiger charge is -2.22. The van der Waals surface area contributed by atoms with Crippen molar-refractivity contribution >= 4 is 16.9 Å². The number of hydrogen-bond acceptors (Lipinski definition) is 3. The van der Waals surface area contributed by atoms with Gasteiger partial charge in [-0.05, 0) is 19.1 Å². The summed E-state index contributed by atoms with van der Waals surface area (Å²) in [4.78, 5) is 16.9. The summed E-state index contributed by atoms with van der Waals surface area (Å²) in [7, 11) is 1.68. The first-order valence-corrected chi connectivity index (χ1v) is 7.59. The van der Waals surface area contributed by atoms with Crippen molar-refractivity contribution < 1.29 is 9.53 Å². The quantitative estimate of drug-likeness (QED) is 0.924. The zero-order valence-corrected chi connectivity index (χ0v) is 14.0. The number of amides is 1. The molecule has 0 spiro atoms. The molecular formula is C17H25N3O2. The van der Waals surface area contributed by atoms with E-state index in [1.807, 2.05) is 52.0 Å². The molecule has 0 fully saturated rings. The van der Waals surface area contributed by atoms with Crippen LogP contribution in [0.5, 0.6) is 0 Å². The molecule has 1 aromatic heterocycles. The number of fused-ring (bicyclic) bond motifs is 1. The Balaban J connectivity index is 2.34. The topological polar surface area (TPSA) is 56.1 Å². The Bertz CT molecular complexity index is 655. The van der Waals surface area contributed by atoms with Gasteiger partial charge in [0.2, 0.25) is 5.91 Å². The van der Waals surface area contributed by atoms with Crippen LogP contribution in [0.4, 0.5) is 0 Å². The Hall–Kier alpha value is -1.88. The monoisotopic (exact) mass is 303 g/mol. The number of hydrogen-bond donors (Lipinski definition) is 1. The van der Waals surface area contributed by atoms with E-state index in [1.54, 1.807) is 7.11 Å². The third kappa shape index (κ3) is 3.47. The predicted molar refractivity (Wildman–Crippen MR) is 87.6 cm³/mol. The number of carbonyl (C=O) groups excluding carboxylic acids is 1. The van der Waals surface area contributed by atoms with Crippen LogP contribution in [-0.4, -0.2) is 29.2 Å². The number of methoxy groups -OCH3 is 1. The lowest BCUT2D eigenvalue weighted by molar-refractivity contribution is -0.129. The molecule has 1 amide bonds. The van der Waals surface area contributed by atoms with Crippen LogP contribution in [0.2, 0.25) is 0 Å². The van der Waals surface area contributed by atoms with Crippen LogP contribution in [0.1, 0.15) is 39.6 Å². The van der Waals surface area contributed by atoms with Gasteiger partial charge in [0.15, 0.2) is 0 Å². The second-order valence-corrected chi connectivity index (χ2v) is 6.55. The number of nitrogens with one attached hydrogen (secondary N) is 1. The number of para-hydroxylation sites is 2. The number of benzene rings is 1. The molecule has 1 heterocycles. The Morgan fingerprint density at radius 1 is 1.36 bits per heavy atom. The maximum absolute atomic E-state index is 12.2. The Morgan fingerprint density at radius 2 is 2.05 bits per heavy atom. The molecule has 1 aromatic carbocycles. The summed E-state index contributed by atoms with van der Waals surface area (Å²) < 4.78 is 7.32. The summed E-state index contributed by atoms with van der Waals surface area (Å²) in [5.74, 6) is 0.876. The number of nitrogens with zero attached hydrogens (tertiary/aromatic N) is 2. The Morgan fingerprint density at radius 3 is 2.68 bits per heavy atom. The molecule has 5 nitrogen and oxygen atoms in total. The number of aromatic nitrogens is 2. The van der Waals surface area contributed by atoms with Gasteiger partial charge >= 0.3 is 0 Å². The molecule has 2 aromatic rings. The molecule has 0 aliphatic carbocycles. The first-order chi connectivity index (χ1) is 10.3. The van der Waals surface area contributed by atoms with Gasteiger partial charge in [-0.15, -0.1) is 0 Å². The van der Waals surface area contributed by atoms with Crippen LogP contribution < -0.4 is 5.32 Å². The van der Waals surface area contributed by atoms with Crippen LogP contribution in [0.3, 0.4) is 0 Å². The first kappa shape index (κ1) is 16.5. The summed E-state index contributed by atoms with van der Waals surface area (Å²) >= 11 is 0. The van der Waals surface area contributed by atoms with E-state index in [0.717, 1.165) is 16.9 Å². The van der Waals surface area contributed by atoms with Crippen molar-refractivity contribution in [1.82, 2.24) is 14.9 Å². The molecule has 0 saturated carbocycles. The van der Waals surface area contributed by atoms with E-state index in [1.165, 1.54) is 0 Å². The standard InChI is InChI=1S/C17H25N3O2/c1-12(18-16(21)17(2,3)4)15-19-13-8-6-7-9-14(13)20(15)10-11-22-5/h6-9,12H,10-11H2,1-5H3,(H,18,21). The smallest absolute Gasteiger partial charge is 0.225 e. The van der Waals surface area contributed by atoms with Crippen LogP contribution in [0, 0.1) is 5.41 Å². The molecule has 0 aliphatic heterocycles. The third-order valence-electron chi connectivity index (χ3n) is 3.62. The molecule has 0 aliphatic rings. The fraction of sp³-hybridized carbons (Fsp3) is 0.529. The van der Waals surface area contributed by atoms with Crippen molar-refractivity contribution in [3.8, 4) is 0 Å². The van der Waals surface area contributed by atoms with Crippen molar-refractivity contribution in [3.05, 3.63) is 30.1 Å². The van der Waals surface area contributed by atoms with Gasteiger partial charge in [0, 0.05) is 19.1 Å². The van der Waals surface area contributed by atoms with Crippen LogP contribution in [0.15, 0.2) is 24.3 Å². The average molecular weight is 303 g/mol. The second kappa shape index (κ2) is 6.48.